The van der Waals surface area contributed by atoms with E-state index in [9.17, 15) is 14.0 Å². The molecule has 0 bridgehead atoms. The fraction of sp³-hybridized carbons (Fsp3) is 0.467. The van der Waals surface area contributed by atoms with Gasteiger partial charge < -0.3 is 19.7 Å². The third-order valence-corrected chi connectivity index (χ3v) is 6.95. The van der Waals surface area contributed by atoms with Crippen molar-refractivity contribution in [3.8, 4) is 11.5 Å². The van der Waals surface area contributed by atoms with Crippen LogP contribution in [0, 0.1) is 5.82 Å². The average molecular weight is 509 g/mol. The Balaban J connectivity index is 1.17. The Labute approximate surface area is 218 Å². The SMILES string of the molecule is CCCCCC/C=C1\Oc2cccc(OCCCN3CCC(NC(=O)c4ccc(F)cc4)CC3)c2C1=O. The number of benzene rings is 2. The van der Waals surface area contributed by atoms with Crippen LogP contribution in [0.1, 0.15) is 79.0 Å². The van der Waals surface area contributed by atoms with Crippen molar-refractivity contribution >= 4 is 11.7 Å². The number of fused-ring (bicyclic) bond motifs is 1. The van der Waals surface area contributed by atoms with Crippen molar-refractivity contribution in [1.29, 1.82) is 0 Å². The second-order valence-electron chi connectivity index (χ2n) is 9.78. The molecule has 0 aliphatic carbocycles. The van der Waals surface area contributed by atoms with Crippen molar-refractivity contribution in [3.05, 3.63) is 71.2 Å². The van der Waals surface area contributed by atoms with E-state index >= 15 is 0 Å². The molecule has 0 saturated carbocycles. The number of ketones is 1. The van der Waals surface area contributed by atoms with Crippen LogP contribution in [0.4, 0.5) is 4.39 Å². The molecule has 0 unspecified atom stereocenters. The number of nitrogens with one attached hydrogen (secondary N) is 1. The molecular formula is C30H37FN2O4. The molecule has 2 aromatic carbocycles. The first-order chi connectivity index (χ1) is 18.0. The van der Waals surface area contributed by atoms with Crippen LogP contribution in [0.3, 0.4) is 0 Å². The Hall–Kier alpha value is -3.19. The molecule has 1 amide bonds. The fourth-order valence-corrected chi connectivity index (χ4v) is 4.81. The summed E-state index contributed by atoms with van der Waals surface area (Å²) in [5.41, 5.74) is 1.01. The van der Waals surface area contributed by atoms with Crippen LogP contribution in [0.15, 0.2) is 54.3 Å². The Morgan fingerprint density at radius 2 is 1.89 bits per heavy atom. The molecule has 2 aliphatic heterocycles. The van der Waals surface area contributed by atoms with Gasteiger partial charge in [0.05, 0.1) is 6.61 Å². The first kappa shape index (κ1) is 26.9. The summed E-state index contributed by atoms with van der Waals surface area (Å²) in [5.74, 6) is 0.976. The standard InChI is InChI=1S/C30H37FN2O4/c1-2-3-4-5-6-9-27-29(34)28-25(10-7-11-26(28)37-27)36-21-8-18-33-19-16-24(17-20-33)32-30(35)22-12-14-23(31)15-13-22/h7,9-15,24H,2-6,8,16-21H2,1H3,(H,32,35)/b27-9-. The number of rotatable bonds is 12. The molecule has 0 radical (unpaired) electrons. The number of piperidine rings is 1. The zero-order valence-electron chi connectivity index (χ0n) is 21.6. The van der Waals surface area contributed by atoms with Gasteiger partial charge in [0, 0.05) is 31.2 Å². The van der Waals surface area contributed by atoms with Gasteiger partial charge in [0.25, 0.3) is 5.91 Å². The Morgan fingerprint density at radius 3 is 2.65 bits per heavy atom. The van der Waals surface area contributed by atoms with E-state index in [1.807, 2.05) is 24.3 Å². The number of likely N-dealkylation sites (tertiary alicyclic amines) is 1. The van der Waals surface area contributed by atoms with E-state index in [1.165, 1.54) is 37.1 Å². The highest BCUT2D eigenvalue weighted by Crippen LogP contribution is 2.37. The molecule has 2 aliphatic rings. The fourth-order valence-electron chi connectivity index (χ4n) is 4.81. The summed E-state index contributed by atoms with van der Waals surface area (Å²) in [6.07, 6.45) is 9.97. The smallest absolute Gasteiger partial charge is 0.251 e. The summed E-state index contributed by atoms with van der Waals surface area (Å²) in [6, 6.07) is 11.2. The van der Waals surface area contributed by atoms with Gasteiger partial charge in [0.15, 0.2) is 5.76 Å². The molecule has 1 N–H and O–H groups in total. The van der Waals surface area contributed by atoms with Gasteiger partial charge in [0.1, 0.15) is 22.9 Å². The maximum atomic E-state index is 13.1. The van der Waals surface area contributed by atoms with E-state index in [-0.39, 0.29) is 23.5 Å². The lowest BCUT2D eigenvalue weighted by molar-refractivity contribution is 0.0909. The number of halogens is 1. The Morgan fingerprint density at radius 1 is 1.11 bits per heavy atom. The van der Waals surface area contributed by atoms with Gasteiger partial charge in [-0.3, -0.25) is 9.59 Å². The normalized spacial score (nSPS) is 17.0. The summed E-state index contributed by atoms with van der Waals surface area (Å²) in [4.78, 5) is 27.6. The topological polar surface area (TPSA) is 67.9 Å². The first-order valence-corrected chi connectivity index (χ1v) is 13.5. The number of hydrogen-bond acceptors (Lipinski definition) is 5. The summed E-state index contributed by atoms with van der Waals surface area (Å²) < 4.78 is 24.9. The lowest BCUT2D eigenvalue weighted by atomic mass is 10.0. The number of unbranched alkanes of at least 4 members (excludes halogenated alkanes) is 4. The van der Waals surface area contributed by atoms with E-state index < -0.39 is 0 Å². The Kier molecular flexibility index (Phi) is 9.71. The van der Waals surface area contributed by atoms with Crippen molar-refractivity contribution < 1.29 is 23.5 Å². The summed E-state index contributed by atoms with van der Waals surface area (Å²) in [5, 5.41) is 3.06. The number of allylic oxidation sites excluding steroid dienone is 2. The number of nitrogens with zero attached hydrogens (tertiary/aromatic N) is 1. The van der Waals surface area contributed by atoms with Gasteiger partial charge in [0.2, 0.25) is 5.78 Å². The zero-order chi connectivity index (χ0) is 26.0. The van der Waals surface area contributed by atoms with Gasteiger partial charge in [-0.15, -0.1) is 0 Å². The van der Waals surface area contributed by atoms with Crippen molar-refractivity contribution in [3.63, 3.8) is 0 Å². The van der Waals surface area contributed by atoms with E-state index in [0.717, 1.165) is 58.2 Å². The number of ether oxygens (including phenoxy) is 2. The Bertz CT molecular complexity index is 1090. The van der Waals surface area contributed by atoms with Gasteiger partial charge in [-0.1, -0.05) is 32.3 Å². The van der Waals surface area contributed by atoms with Crippen molar-refractivity contribution in [2.24, 2.45) is 0 Å². The highest BCUT2D eigenvalue weighted by atomic mass is 19.1. The molecule has 2 aromatic rings. The number of hydrogen-bond donors (Lipinski definition) is 1. The van der Waals surface area contributed by atoms with Crippen molar-refractivity contribution in [1.82, 2.24) is 10.2 Å². The lowest BCUT2D eigenvalue weighted by Gasteiger charge is -2.32. The molecule has 6 nitrogen and oxygen atoms in total. The zero-order valence-corrected chi connectivity index (χ0v) is 21.6. The van der Waals surface area contributed by atoms with E-state index in [1.54, 1.807) is 0 Å². The van der Waals surface area contributed by atoms with Gasteiger partial charge in [-0.25, -0.2) is 4.39 Å². The third kappa shape index (κ3) is 7.41. The van der Waals surface area contributed by atoms with E-state index in [4.69, 9.17) is 9.47 Å². The molecule has 0 aromatic heterocycles. The van der Waals surface area contributed by atoms with Crippen LogP contribution in [0.5, 0.6) is 11.5 Å². The monoisotopic (exact) mass is 508 g/mol. The molecule has 7 heteroatoms. The minimum absolute atomic E-state index is 0.0918. The predicted molar refractivity (Wildman–Crippen MR) is 142 cm³/mol. The van der Waals surface area contributed by atoms with Gasteiger partial charge in [-0.05, 0) is 74.6 Å². The minimum Gasteiger partial charge on any atom is -0.493 e. The largest absolute Gasteiger partial charge is 0.493 e. The molecule has 1 fully saturated rings. The third-order valence-electron chi connectivity index (χ3n) is 6.95. The maximum absolute atomic E-state index is 13.1. The van der Waals surface area contributed by atoms with Crippen molar-refractivity contribution in [2.75, 3.05) is 26.2 Å². The molecule has 0 atom stereocenters. The van der Waals surface area contributed by atoms with Crippen LogP contribution in [0.25, 0.3) is 0 Å². The summed E-state index contributed by atoms with van der Waals surface area (Å²) in [6.45, 7) is 5.38. The summed E-state index contributed by atoms with van der Waals surface area (Å²) >= 11 is 0. The van der Waals surface area contributed by atoms with Crippen LogP contribution < -0.4 is 14.8 Å². The van der Waals surface area contributed by atoms with E-state index in [2.05, 4.69) is 17.1 Å². The molecule has 4 rings (SSSR count). The molecule has 1 saturated heterocycles. The quantitative estimate of drug-likeness (QED) is 0.285. The number of amides is 1. The average Bonchev–Trinajstić information content (AvgIpc) is 3.23. The van der Waals surface area contributed by atoms with Gasteiger partial charge in [-0.2, -0.15) is 0 Å². The second kappa shape index (κ2) is 13.4. The number of Topliss-reactive ketones (excluding diaryl/α,β-unsaturated/α-hetero) is 1. The minimum atomic E-state index is -0.347. The van der Waals surface area contributed by atoms with Crippen LogP contribution >= 0.6 is 0 Å². The lowest BCUT2D eigenvalue weighted by Crippen LogP contribution is -2.45. The van der Waals surface area contributed by atoms with E-state index in [0.29, 0.717) is 35.0 Å². The molecular weight excluding hydrogens is 471 g/mol. The van der Waals surface area contributed by atoms with Crippen LogP contribution in [-0.2, 0) is 0 Å². The van der Waals surface area contributed by atoms with Crippen molar-refractivity contribution in [2.45, 2.75) is 64.3 Å². The highest BCUT2D eigenvalue weighted by molar-refractivity contribution is 6.14. The molecule has 198 valence electrons. The number of carbonyl (C=O) groups is 2. The second-order valence-corrected chi connectivity index (χ2v) is 9.78. The highest BCUT2D eigenvalue weighted by Gasteiger charge is 2.30. The predicted octanol–water partition coefficient (Wildman–Crippen LogP) is 5.92. The first-order valence-electron chi connectivity index (χ1n) is 13.5. The molecule has 2 heterocycles. The number of carbonyl (C=O) groups excluding carboxylic acids is 2. The molecule has 0 spiro atoms. The molecule has 37 heavy (non-hydrogen) atoms. The van der Waals surface area contributed by atoms with Gasteiger partial charge >= 0.3 is 0 Å². The summed E-state index contributed by atoms with van der Waals surface area (Å²) in [7, 11) is 0. The maximum Gasteiger partial charge on any atom is 0.251 e. The van der Waals surface area contributed by atoms with Crippen LogP contribution in [-0.4, -0.2) is 48.9 Å². The van der Waals surface area contributed by atoms with Crippen LogP contribution in [0.2, 0.25) is 0 Å².